The SMILES string of the molecule is C=CC[C@H](CC(=O)N[C@H](CO)Cc1ccc(OCc2ccccc2)cc1)C(=O)N[C@H](COC(=O)[C@H](CC=C)Cc1ccccc1)Cc1ccccc1. The molecule has 4 aromatic carbocycles. The van der Waals surface area contributed by atoms with Crippen molar-refractivity contribution < 1.29 is 29.0 Å². The second kappa shape index (κ2) is 21.7. The standard InChI is InChI=1S/C44H50N2O6/c1-3-14-37(29-42(48)45-39(30-47)27-35-22-24-41(25-23-35)51-31-36-20-12-7-13-21-36)43(49)46-40(28-34-18-10-6-11-19-34)32-52-44(50)38(15-4-2)26-33-16-8-5-9-17-33/h3-13,16-25,37-40,47H,1-2,14-15,26-32H2,(H,45,48)(H,46,49)/t37-,38-,39+,40+/m1/s1. The number of amides is 2. The zero-order valence-electron chi connectivity index (χ0n) is 29.7. The topological polar surface area (TPSA) is 114 Å². The van der Waals surface area contributed by atoms with Crippen LogP contribution in [0.4, 0.5) is 0 Å². The molecule has 0 aromatic heterocycles. The molecule has 0 fully saturated rings. The molecule has 0 radical (unpaired) electrons. The number of aliphatic hydroxyl groups is 1. The summed E-state index contributed by atoms with van der Waals surface area (Å²) >= 11 is 0. The summed E-state index contributed by atoms with van der Waals surface area (Å²) in [5.74, 6) is -1.45. The Morgan fingerprint density at radius 1 is 0.635 bits per heavy atom. The maximum absolute atomic E-state index is 13.7. The van der Waals surface area contributed by atoms with Crippen molar-refractivity contribution in [3.63, 3.8) is 0 Å². The molecular formula is C44H50N2O6. The normalized spacial score (nSPS) is 13.1. The van der Waals surface area contributed by atoms with Crippen LogP contribution in [0.1, 0.15) is 41.5 Å². The fourth-order valence-corrected chi connectivity index (χ4v) is 5.94. The Morgan fingerprint density at radius 2 is 1.15 bits per heavy atom. The highest BCUT2D eigenvalue weighted by Crippen LogP contribution is 2.18. The van der Waals surface area contributed by atoms with Gasteiger partial charge in [0.25, 0.3) is 0 Å². The largest absolute Gasteiger partial charge is 0.489 e. The van der Waals surface area contributed by atoms with Crippen molar-refractivity contribution in [2.45, 2.75) is 57.2 Å². The van der Waals surface area contributed by atoms with Gasteiger partial charge in [0, 0.05) is 6.42 Å². The van der Waals surface area contributed by atoms with Gasteiger partial charge in [-0.15, -0.1) is 13.2 Å². The molecule has 0 heterocycles. The van der Waals surface area contributed by atoms with E-state index in [4.69, 9.17) is 9.47 Å². The van der Waals surface area contributed by atoms with Gasteiger partial charge in [-0.2, -0.15) is 0 Å². The van der Waals surface area contributed by atoms with Crippen molar-refractivity contribution in [1.29, 1.82) is 0 Å². The summed E-state index contributed by atoms with van der Waals surface area (Å²) in [5.41, 5.74) is 3.98. The molecule has 3 N–H and O–H groups in total. The van der Waals surface area contributed by atoms with Gasteiger partial charge < -0.3 is 25.2 Å². The Balaban J connectivity index is 1.33. The lowest BCUT2D eigenvalue weighted by molar-refractivity contribution is -0.149. The van der Waals surface area contributed by atoms with Crippen molar-refractivity contribution >= 4 is 17.8 Å². The number of aliphatic hydroxyl groups excluding tert-OH is 1. The molecule has 0 spiro atoms. The summed E-state index contributed by atoms with van der Waals surface area (Å²) in [6.45, 7) is 7.77. The molecule has 2 amide bonds. The molecular weight excluding hydrogens is 652 g/mol. The van der Waals surface area contributed by atoms with Gasteiger partial charge in [-0.1, -0.05) is 115 Å². The lowest BCUT2D eigenvalue weighted by Crippen LogP contribution is -2.45. The van der Waals surface area contributed by atoms with E-state index in [1.54, 1.807) is 12.2 Å². The first-order valence-corrected chi connectivity index (χ1v) is 17.8. The number of ether oxygens (including phenoxy) is 2. The third kappa shape index (κ3) is 13.7. The summed E-state index contributed by atoms with van der Waals surface area (Å²) in [5, 5.41) is 16.0. The zero-order valence-corrected chi connectivity index (χ0v) is 29.7. The van der Waals surface area contributed by atoms with Crippen LogP contribution in [0.25, 0.3) is 0 Å². The van der Waals surface area contributed by atoms with Crippen LogP contribution in [0.2, 0.25) is 0 Å². The van der Waals surface area contributed by atoms with Crippen LogP contribution in [0.5, 0.6) is 5.75 Å². The average Bonchev–Trinajstić information content (AvgIpc) is 3.17. The number of rotatable bonds is 22. The van der Waals surface area contributed by atoms with Gasteiger partial charge in [-0.3, -0.25) is 14.4 Å². The molecule has 4 rings (SSSR count). The maximum atomic E-state index is 13.7. The van der Waals surface area contributed by atoms with Crippen molar-refractivity contribution in [3.8, 4) is 5.75 Å². The first-order valence-electron chi connectivity index (χ1n) is 17.8. The van der Waals surface area contributed by atoms with Crippen LogP contribution in [0.3, 0.4) is 0 Å². The average molecular weight is 703 g/mol. The Kier molecular flexibility index (Phi) is 16.4. The van der Waals surface area contributed by atoms with Gasteiger partial charge in [-0.05, 0) is 66.5 Å². The number of allylic oxidation sites excluding steroid dienone is 2. The number of nitrogens with one attached hydrogen (secondary N) is 2. The molecule has 272 valence electrons. The minimum atomic E-state index is -0.710. The number of esters is 1. The number of carbonyl (C=O) groups excluding carboxylic acids is 3. The van der Waals surface area contributed by atoms with E-state index in [0.717, 1.165) is 28.0 Å². The van der Waals surface area contributed by atoms with E-state index in [1.807, 2.05) is 115 Å². The van der Waals surface area contributed by atoms with E-state index in [1.165, 1.54) is 0 Å². The molecule has 0 bridgehead atoms. The van der Waals surface area contributed by atoms with E-state index in [0.29, 0.717) is 32.3 Å². The predicted molar refractivity (Wildman–Crippen MR) is 204 cm³/mol. The molecule has 4 atom stereocenters. The Labute approximate surface area is 307 Å². The van der Waals surface area contributed by atoms with E-state index >= 15 is 0 Å². The summed E-state index contributed by atoms with van der Waals surface area (Å²) in [6.07, 6.45) is 5.30. The molecule has 0 aliphatic heterocycles. The van der Waals surface area contributed by atoms with Gasteiger partial charge in [0.15, 0.2) is 0 Å². The van der Waals surface area contributed by atoms with Crippen molar-refractivity contribution in [3.05, 3.63) is 163 Å². The number of benzene rings is 4. The van der Waals surface area contributed by atoms with E-state index < -0.39 is 23.9 Å². The maximum Gasteiger partial charge on any atom is 0.309 e. The van der Waals surface area contributed by atoms with Crippen LogP contribution in [0, 0.1) is 11.8 Å². The fourth-order valence-electron chi connectivity index (χ4n) is 5.94. The lowest BCUT2D eigenvalue weighted by atomic mass is 9.96. The number of carbonyl (C=O) groups is 3. The highest BCUT2D eigenvalue weighted by atomic mass is 16.5. The minimum absolute atomic E-state index is 0.0302. The summed E-state index contributed by atoms with van der Waals surface area (Å²) in [6, 6.07) is 35.8. The second-order valence-corrected chi connectivity index (χ2v) is 12.9. The molecule has 8 nitrogen and oxygen atoms in total. The van der Waals surface area contributed by atoms with Crippen LogP contribution >= 0.6 is 0 Å². The predicted octanol–water partition coefficient (Wildman–Crippen LogP) is 6.57. The summed E-state index contributed by atoms with van der Waals surface area (Å²) in [7, 11) is 0. The van der Waals surface area contributed by atoms with E-state index in [2.05, 4.69) is 23.8 Å². The van der Waals surface area contributed by atoms with Gasteiger partial charge in [0.1, 0.15) is 19.0 Å². The fraction of sp³-hybridized carbons (Fsp3) is 0.295. The molecule has 4 aromatic rings. The Morgan fingerprint density at radius 3 is 1.73 bits per heavy atom. The zero-order chi connectivity index (χ0) is 37.0. The summed E-state index contributed by atoms with van der Waals surface area (Å²) in [4.78, 5) is 40.1. The van der Waals surface area contributed by atoms with Crippen molar-refractivity contribution in [2.75, 3.05) is 13.2 Å². The van der Waals surface area contributed by atoms with Gasteiger partial charge >= 0.3 is 5.97 Å². The van der Waals surface area contributed by atoms with Gasteiger partial charge in [-0.25, -0.2) is 0 Å². The van der Waals surface area contributed by atoms with Crippen molar-refractivity contribution in [2.24, 2.45) is 11.8 Å². The molecule has 0 aliphatic rings. The smallest absolute Gasteiger partial charge is 0.309 e. The van der Waals surface area contributed by atoms with Crippen LogP contribution in [-0.2, 0) is 45.0 Å². The van der Waals surface area contributed by atoms with Gasteiger partial charge in [0.2, 0.25) is 11.8 Å². The highest BCUT2D eigenvalue weighted by Gasteiger charge is 2.27. The molecule has 8 heteroatoms. The van der Waals surface area contributed by atoms with Gasteiger partial charge in [0.05, 0.1) is 30.5 Å². The molecule has 0 saturated heterocycles. The molecule has 52 heavy (non-hydrogen) atoms. The number of hydrogen-bond acceptors (Lipinski definition) is 6. The third-order valence-electron chi connectivity index (χ3n) is 8.70. The second-order valence-electron chi connectivity index (χ2n) is 12.9. The molecule has 0 saturated carbocycles. The first-order chi connectivity index (χ1) is 25.4. The van der Waals surface area contributed by atoms with Crippen molar-refractivity contribution in [1.82, 2.24) is 10.6 Å². The highest BCUT2D eigenvalue weighted by molar-refractivity contribution is 5.86. The van der Waals surface area contributed by atoms with Crippen LogP contribution < -0.4 is 15.4 Å². The lowest BCUT2D eigenvalue weighted by Gasteiger charge is -2.24. The van der Waals surface area contributed by atoms with E-state index in [-0.39, 0.29) is 43.8 Å². The monoisotopic (exact) mass is 702 g/mol. The Bertz CT molecular complexity index is 1680. The minimum Gasteiger partial charge on any atom is -0.489 e. The van der Waals surface area contributed by atoms with E-state index in [9.17, 15) is 19.5 Å². The van der Waals surface area contributed by atoms with Crippen LogP contribution in [-0.4, -0.2) is 48.2 Å². The molecule has 0 aliphatic carbocycles. The molecule has 0 unspecified atom stereocenters. The van der Waals surface area contributed by atoms with Crippen LogP contribution in [0.15, 0.2) is 141 Å². The number of hydrogen-bond donors (Lipinski definition) is 3. The summed E-state index contributed by atoms with van der Waals surface area (Å²) < 4.78 is 11.7. The quantitative estimate of drug-likeness (QED) is 0.0631. The Hall–Kier alpha value is -5.47. The third-order valence-corrected chi connectivity index (χ3v) is 8.70. The first kappa shape index (κ1) is 39.3.